The van der Waals surface area contributed by atoms with Crippen LogP contribution >= 0.6 is 0 Å². The van der Waals surface area contributed by atoms with Gasteiger partial charge in [-0.15, -0.1) is 0 Å². The molecule has 0 bridgehead atoms. The predicted octanol–water partition coefficient (Wildman–Crippen LogP) is 1.27. The molecule has 1 N–H and O–H groups in total. The Kier molecular flexibility index (Phi) is 6.20. The van der Waals surface area contributed by atoms with Gasteiger partial charge >= 0.3 is 5.97 Å². The quantitative estimate of drug-likeness (QED) is 0.766. The summed E-state index contributed by atoms with van der Waals surface area (Å²) in [7, 11) is 0. The fraction of sp³-hybridized carbons (Fsp3) is 0.474. The summed E-state index contributed by atoms with van der Waals surface area (Å²) >= 11 is 0. The van der Waals surface area contributed by atoms with Crippen LogP contribution in [0.3, 0.4) is 0 Å². The van der Waals surface area contributed by atoms with E-state index in [1.807, 2.05) is 27.7 Å². The minimum absolute atomic E-state index is 0.0434. The summed E-state index contributed by atoms with van der Waals surface area (Å²) in [5.41, 5.74) is -0.986. The number of carbonyl (C=O) groups is 2. The van der Waals surface area contributed by atoms with Crippen molar-refractivity contribution >= 4 is 22.6 Å². The number of fused-ring (bicyclic) bond motifs is 1. The van der Waals surface area contributed by atoms with Crippen LogP contribution < -0.4 is 11.1 Å². The van der Waals surface area contributed by atoms with E-state index < -0.39 is 29.7 Å². The van der Waals surface area contributed by atoms with E-state index in [1.165, 1.54) is 19.1 Å². The number of aromatic nitrogens is 2. The molecule has 0 aliphatic rings. The topological polar surface area (TPSA) is 101 Å². The molecule has 0 saturated carbocycles. The Balaban J connectivity index is 2.17. The maximum atomic E-state index is 12.5. The fourth-order valence-corrected chi connectivity index (χ4v) is 3.09. The van der Waals surface area contributed by atoms with Crippen molar-refractivity contribution in [3.8, 4) is 0 Å². The van der Waals surface area contributed by atoms with Gasteiger partial charge in [0.2, 0.25) is 0 Å². The van der Waals surface area contributed by atoms with E-state index in [2.05, 4.69) is 5.10 Å². The Hall–Kier alpha value is -2.90. The number of benzene rings is 1. The lowest BCUT2D eigenvalue weighted by Gasteiger charge is -2.32. The highest BCUT2D eigenvalue weighted by atomic mass is 16.5. The summed E-state index contributed by atoms with van der Waals surface area (Å²) in [6.45, 7) is 8.53. The third-order valence-corrected chi connectivity index (χ3v) is 4.19. The Bertz CT molecular complexity index is 950. The van der Waals surface area contributed by atoms with Crippen molar-refractivity contribution in [1.82, 2.24) is 14.7 Å². The molecule has 0 fully saturated rings. The number of nitrogens with zero attached hydrogens (tertiary/aromatic N) is 2. The van der Waals surface area contributed by atoms with Gasteiger partial charge < -0.3 is 9.64 Å². The number of amides is 1. The van der Waals surface area contributed by atoms with E-state index >= 15 is 0 Å². The van der Waals surface area contributed by atoms with Crippen LogP contribution in [0.5, 0.6) is 0 Å². The van der Waals surface area contributed by atoms with Gasteiger partial charge in [0.15, 0.2) is 6.10 Å². The SMILES string of the molecule is CC(OC(=O)Cn1[nH]c(=O)c2ccccc2c1=O)C(=O)N(C(C)C)C(C)C. The molecule has 0 saturated heterocycles. The molecular weight excluding hydrogens is 350 g/mol. The van der Waals surface area contributed by atoms with Gasteiger partial charge in [0.25, 0.3) is 17.0 Å². The molecule has 2 aromatic rings. The Labute approximate surface area is 156 Å². The van der Waals surface area contributed by atoms with Crippen LogP contribution in [0.2, 0.25) is 0 Å². The molecule has 0 aliphatic heterocycles. The first-order valence-electron chi connectivity index (χ1n) is 8.87. The minimum atomic E-state index is -0.995. The zero-order chi connectivity index (χ0) is 20.3. The van der Waals surface area contributed by atoms with Crippen LogP contribution in [0.1, 0.15) is 34.6 Å². The molecular formula is C19H25N3O5. The summed E-state index contributed by atoms with van der Waals surface area (Å²) in [4.78, 5) is 50.9. The van der Waals surface area contributed by atoms with Gasteiger partial charge in [-0.3, -0.25) is 24.3 Å². The highest BCUT2D eigenvalue weighted by Gasteiger charge is 2.27. The molecule has 8 nitrogen and oxygen atoms in total. The van der Waals surface area contributed by atoms with Crippen LogP contribution in [0.15, 0.2) is 33.9 Å². The summed E-state index contributed by atoms with van der Waals surface area (Å²) in [6, 6.07) is 6.25. The van der Waals surface area contributed by atoms with Crippen molar-refractivity contribution in [2.75, 3.05) is 0 Å². The van der Waals surface area contributed by atoms with E-state index in [0.717, 1.165) is 4.68 Å². The summed E-state index contributed by atoms with van der Waals surface area (Å²) in [6.07, 6.45) is -0.995. The van der Waals surface area contributed by atoms with Crippen molar-refractivity contribution in [2.24, 2.45) is 0 Å². The van der Waals surface area contributed by atoms with Gasteiger partial charge in [-0.1, -0.05) is 12.1 Å². The van der Waals surface area contributed by atoms with Crippen molar-refractivity contribution in [3.63, 3.8) is 0 Å². The first-order chi connectivity index (χ1) is 12.6. The van der Waals surface area contributed by atoms with E-state index in [4.69, 9.17) is 4.74 Å². The second kappa shape index (κ2) is 8.20. The number of hydrogen-bond donors (Lipinski definition) is 1. The molecule has 8 heteroatoms. The number of hydrogen-bond acceptors (Lipinski definition) is 5. The summed E-state index contributed by atoms with van der Waals surface area (Å²) in [5, 5.41) is 2.83. The second-order valence-electron chi connectivity index (χ2n) is 6.94. The van der Waals surface area contributed by atoms with Gasteiger partial charge in [-0.2, -0.15) is 0 Å². The maximum absolute atomic E-state index is 12.5. The van der Waals surface area contributed by atoms with Crippen LogP contribution in [-0.2, 0) is 20.9 Å². The summed E-state index contributed by atoms with van der Waals surface area (Å²) < 4.78 is 6.09. The molecule has 27 heavy (non-hydrogen) atoms. The van der Waals surface area contributed by atoms with E-state index in [0.29, 0.717) is 0 Å². The first-order valence-corrected chi connectivity index (χ1v) is 8.87. The lowest BCUT2D eigenvalue weighted by molar-refractivity contribution is -0.161. The summed E-state index contributed by atoms with van der Waals surface area (Å²) in [5.74, 6) is -1.09. The number of rotatable bonds is 6. The largest absolute Gasteiger partial charge is 0.451 e. The lowest BCUT2D eigenvalue weighted by Crippen LogP contribution is -2.47. The zero-order valence-corrected chi connectivity index (χ0v) is 16.2. The molecule has 1 aromatic heterocycles. The number of H-pyrrole nitrogens is 1. The van der Waals surface area contributed by atoms with Gasteiger partial charge in [0, 0.05) is 12.1 Å². The third kappa shape index (κ3) is 4.45. The molecule has 0 aliphatic carbocycles. The predicted molar refractivity (Wildman–Crippen MR) is 102 cm³/mol. The highest BCUT2D eigenvalue weighted by molar-refractivity contribution is 5.84. The highest BCUT2D eigenvalue weighted by Crippen LogP contribution is 2.10. The number of esters is 1. The number of ether oxygens (including phenoxy) is 1. The first kappa shape index (κ1) is 20.4. The fourth-order valence-electron chi connectivity index (χ4n) is 3.09. The molecule has 2 rings (SSSR count). The van der Waals surface area contributed by atoms with E-state index in [-0.39, 0.29) is 28.8 Å². The number of aromatic amines is 1. The molecule has 146 valence electrons. The van der Waals surface area contributed by atoms with E-state index in [1.54, 1.807) is 17.0 Å². The zero-order valence-electron chi connectivity index (χ0n) is 16.2. The van der Waals surface area contributed by atoms with Gasteiger partial charge in [-0.05, 0) is 46.8 Å². The molecule has 1 atom stereocenters. The van der Waals surface area contributed by atoms with Crippen LogP contribution in [0.4, 0.5) is 0 Å². The van der Waals surface area contributed by atoms with Crippen LogP contribution in [0, 0.1) is 0 Å². The number of nitrogens with one attached hydrogen (secondary N) is 1. The average Bonchev–Trinajstić information content (AvgIpc) is 2.58. The van der Waals surface area contributed by atoms with Crippen molar-refractivity contribution in [2.45, 2.75) is 59.4 Å². The van der Waals surface area contributed by atoms with Gasteiger partial charge in [0.1, 0.15) is 6.54 Å². The molecule has 1 heterocycles. The molecule has 1 amide bonds. The van der Waals surface area contributed by atoms with Crippen molar-refractivity contribution in [1.29, 1.82) is 0 Å². The molecule has 0 spiro atoms. The lowest BCUT2D eigenvalue weighted by atomic mass is 10.2. The van der Waals surface area contributed by atoms with E-state index in [9.17, 15) is 19.2 Å². The van der Waals surface area contributed by atoms with Crippen LogP contribution in [-0.4, -0.2) is 44.7 Å². The Morgan fingerprint density at radius 2 is 1.59 bits per heavy atom. The van der Waals surface area contributed by atoms with Crippen molar-refractivity contribution < 1.29 is 14.3 Å². The standard InChI is InChI=1S/C19H25N3O5/c1-11(2)22(12(3)4)18(25)13(5)27-16(23)10-21-19(26)15-9-7-6-8-14(15)17(24)20-21/h6-9,11-13H,10H2,1-5H3,(H,20,24). The normalized spacial score (nSPS) is 12.4. The van der Waals surface area contributed by atoms with Gasteiger partial charge in [0.05, 0.1) is 10.8 Å². The second-order valence-corrected chi connectivity index (χ2v) is 6.94. The molecule has 0 radical (unpaired) electrons. The molecule has 1 aromatic carbocycles. The van der Waals surface area contributed by atoms with Crippen molar-refractivity contribution in [3.05, 3.63) is 45.0 Å². The number of carbonyl (C=O) groups excluding carboxylic acids is 2. The average molecular weight is 375 g/mol. The van der Waals surface area contributed by atoms with Crippen LogP contribution in [0.25, 0.3) is 10.8 Å². The van der Waals surface area contributed by atoms with Gasteiger partial charge in [-0.25, -0.2) is 4.68 Å². The third-order valence-electron chi connectivity index (χ3n) is 4.19. The minimum Gasteiger partial charge on any atom is -0.451 e. The Morgan fingerprint density at radius 1 is 1.04 bits per heavy atom. The maximum Gasteiger partial charge on any atom is 0.328 e. The monoisotopic (exact) mass is 375 g/mol. The Morgan fingerprint density at radius 3 is 2.15 bits per heavy atom. The molecule has 1 unspecified atom stereocenters. The smallest absolute Gasteiger partial charge is 0.328 e.